The van der Waals surface area contributed by atoms with E-state index in [1.807, 2.05) is 0 Å². The molecule has 2 heterocycles. The second kappa shape index (κ2) is 8.32. The molecule has 1 aromatic carbocycles. The van der Waals surface area contributed by atoms with E-state index in [4.69, 9.17) is 9.47 Å². The van der Waals surface area contributed by atoms with Crippen molar-refractivity contribution < 1.29 is 14.7 Å². The van der Waals surface area contributed by atoms with Crippen LogP contribution in [0.5, 0.6) is 11.5 Å². The van der Waals surface area contributed by atoms with Crippen molar-refractivity contribution in [1.82, 2.24) is 4.90 Å². The van der Waals surface area contributed by atoms with E-state index in [1.165, 1.54) is 49.7 Å². The van der Waals surface area contributed by atoms with Gasteiger partial charge in [0.15, 0.2) is 11.5 Å². The van der Waals surface area contributed by atoms with Crippen molar-refractivity contribution in [3.05, 3.63) is 23.3 Å². The molecule has 4 unspecified atom stereocenters. The summed E-state index contributed by atoms with van der Waals surface area (Å²) in [6, 6.07) is 5.26. The molecule has 0 amide bonds. The molecule has 3 aliphatic rings. The molecule has 28 heavy (non-hydrogen) atoms. The van der Waals surface area contributed by atoms with E-state index in [1.54, 1.807) is 14.2 Å². The minimum Gasteiger partial charge on any atom is -0.493 e. The standard InChI is InChI=1S/C23H34N2O3/c1-4-5-8-15-14-25-20-10-7-6-9-16(20)17-11-22(27-2)23(28-3)12-18(17)21(25)13-19(15)24-26/h11-12,15-16,20-21,26H,4-10,13-14H2,1-3H3/b24-19-. The van der Waals surface area contributed by atoms with E-state index in [2.05, 4.69) is 29.1 Å². The summed E-state index contributed by atoms with van der Waals surface area (Å²) in [4.78, 5) is 2.74. The Hall–Kier alpha value is -1.75. The van der Waals surface area contributed by atoms with Gasteiger partial charge in [0.2, 0.25) is 0 Å². The fraction of sp³-hybridized carbons (Fsp3) is 0.696. The largest absolute Gasteiger partial charge is 0.493 e. The average molecular weight is 387 g/mol. The first kappa shape index (κ1) is 19.6. The molecule has 154 valence electrons. The van der Waals surface area contributed by atoms with Gasteiger partial charge in [-0.2, -0.15) is 0 Å². The summed E-state index contributed by atoms with van der Waals surface area (Å²) in [7, 11) is 3.42. The molecule has 0 spiro atoms. The first-order valence-electron chi connectivity index (χ1n) is 10.9. The molecule has 1 aromatic rings. The lowest BCUT2D eigenvalue weighted by atomic mass is 9.69. The summed E-state index contributed by atoms with van der Waals surface area (Å²) < 4.78 is 11.2. The van der Waals surface area contributed by atoms with Crippen molar-refractivity contribution >= 4 is 5.71 Å². The van der Waals surface area contributed by atoms with Crippen molar-refractivity contribution in [2.24, 2.45) is 11.1 Å². The molecule has 2 aliphatic heterocycles. The zero-order chi connectivity index (χ0) is 19.7. The van der Waals surface area contributed by atoms with Crippen molar-refractivity contribution in [2.45, 2.75) is 76.3 Å². The SMILES string of the molecule is CCCCC1CN2C(C/C1=N/O)c1cc(OC)c(OC)cc1C1CCCCC12. The first-order chi connectivity index (χ1) is 13.7. The van der Waals surface area contributed by atoms with E-state index in [0.717, 1.165) is 36.6 Å². The fourth-order valence-electron chi connectivity index (χ4n) is 5.85. The third kappa shape index (κ3) is 3.28. The van der Waals surface area contributed by atoms with Gasteiger partial charge in [0, 0.05) is 31.0 Å². The molecule has 1 N–H and O–H groups in total. The van der Waals surface area contributed by atoms with Crippen LogP contribution in [0.3, 0.4) is 0 Å². The lowest BCUT2D eigenvalue weighted by Crippen LogP contribution is -2.53. The number of unbranched alkanes of at least 4 members (excludes halogenated alkanes) is 1. The summed E-state index contributed by atoms with van der Waals surface area (Å²) in [6.45, 7) is 3.24. The van der Waals surface area contributed by atoms with Gasteiger partial charge in [-0.1, -0.05) is 37.8 Å². The van der Waals surface area contributed by atoms with Gasteiger partial charge in [-0.3, -0.25) is 4.90 Å². The van der Waals surface area contributed by atoms with Crippen molar-refractivity contribution in [3.8, 4) is 11.5 Å². The third-order valence-electron chi connectivity index (χ3n) is 7.24. The van der Waals surface area contributed by atoms with Crippen molar-refractivity contribution in [2.75, 3.05) is 20.8 Å². The van der Waals surface area contributed by atoms with Crippen LogP contribution in [0.2, 0.25) is 0 Å². The number of hydrogen-bond acceptors (Lipinski definition) is 5. The Labute approximate surface area is 168 Å². The Balaban J connectivity index is 1.76. The zero-order valence-corrected chi connectivity index (χ0v) is 17.5. The Morgan fingerprint density at radius 1 is 1.11 bits per heavy atom. The number of benzene rings is 1. The Morgan fingerprint density at radius 3 is 2.50 bits per heavy atom. The number of rotatable bonds is 5. The Morgan fingerprint density at radius 2 is 1.82 bits per heavy atom. The second-order valence-corrected chi connectivity index (χ2v) is 8.64. The molecular formula is C23H34N2O3. The topological polar surface area (TPSA) is 54.3 Å². The number of ether oxygens (including phenoxy) is 2. The highest BCUT2D eigenvalue weighted by Gasteiger charge is 2.46. The van der Waals surface area contributed by atoms with Gasteiger partial charge in [-0.05, 0) is 48.4 Å². The molecule has 2 fully saturated rings. The minimum absolute atomic E-state index is 0.276. The van der Waals surface area contributed by atoms with Crippen LogP contribution in [0.15, 0.2) is 17.3 Å². The lowest BCUT2D eigenvalue weighted by Gasteiger charge is -2.53. The van der Waals surface area contributed by atoms with E-state index in [9.17, 15) is 5.21 Å². The number of piperidine rings is 1. The van der Waals surface area contributed by atoms with E-state index in [-0.39, 0.29) is 6.04 Å². The monoisotopic (exact) mass is 386 g/mol. The smallest absolute Gasteiger partial charge is 0.161 e. The quantitative estimate of drug-likeness (QED) is 0.563. The molecule has 1 saturated heterocycles. The van der Waals surface area contributed by atoms with Crippen LogP contribution in [-0.4, -0.2) is 42.6 Å². The zero-order valence-electron chi connectivity index (χ0n) is 17.5. The number of fused-ring (bicyclic) bond motifs is 6. The molecule has 5 heteroatoms. The molecule has 1 aliphatic carbocycles. The maximum Gasteiger partial charge on any atom is 0.161 e. The number of nitrogens with zero attached hydrogens (tertiary/aromatic N) is 2. The van der Waals surface area contributed by atoms with Crippen LogP contribution in [0, 0.1) is 5.92 Å². The highest BCUT2D eigenvalue weighted by molar-refractivity contribution is 5.88. The Bertz CT molecular complexity index is 733. The molecule has 4 rings (SSSR count). The van der Waals surface area contributed by atoms with E-state index < -0.39 is 0 Å². The van der Waals surface area contributed by atoms with Crippen LogP contribution in [-0.2, 0) is 0 Å². The number of methoxy groups -OCH3 is 2. The predicted octanol–water partition coefficient (Wildman–Crippen LogP) is 5.13. The highest BCUT2D eigenvalue weighted by Crippen LogP contribution is 2.52. The summed E-state index contributed by atoms with van der Waals surface area (Å²) in [5.74, 6) is 2.57. The predicted molar refractivity (Wildman–Crippen MR) is 111 cm³/mol. The maximum absolute atomic E-state index is 9.74. The van der Waals surface area contributed by atoms with E-state index in [0.29, 0.717) is 17.9 Å². The van der Waals surface area contributed by atoms with Crippen molar-refractivity contribution in [1.29, 1.82) is 0 Å². The Kier molecular flexibility index (Phi) is 5.81. The minimum atomic E-state index is 0.276. The van der Waals surface area contributed by atoms with Gasteiger partial charge in [-0.15, -0.1) is 0 Å². The van der Waals surface area contributed by atoms with Crippen LogP contribution in [0.25, 0.3) is 0 Å². The summed E-state index contributed by atoms with van der Waals surface area (Å²) in [6.07, 6.45) is 9.44. The number of hydrogen-bond donors (Lipinski definition) is 1. The molecule has 5 nitrogen and oxygen atoms in total. The van der Waals surface area contributed by atoms with Crippen molar-refractivity contribution in [3.63, 3.8) is 0 Å². The van der Waals surface area contributed by atoms with Gasteiger partial charge < -0.3 is 14.7 Å². The molecule has 1 saturated carbocycles. The average Bonchev–Trinajstić information content (AvgIpc) is 2.76. The molecular weight excluding hydrogens is 352 g/mol. The van der Waals surface area contributed by atoms with Gasteiger partial charge >= 0.3 is 0 Å². The molecule has 0 radical (unpaired) electrons. The second-order valence-electron chi connectivity index (χ2n) is 8.64. The van der Waals surface area contributed by atoms with Gasteiger partial charge in [0.25, 0.3) is 0 Å². The van der Waals surface area contributed by atoms with E-state index >= 15 is 0 Å². The highest BCUT2D eigenvalue weighted by atomic mass is 16.5. The first-order valence-corrected chi connectivity index (χ1v) is 10.9. The number of oxime groups is 1. The van der Waals surface area contributed by atoms with Crippen LogP contribution in [0.4, 0.5) is 0 Å². The summed E-state index contributed by atoms with van der Waals surface area (Å²) >= 11 is 0. The van der Waals surface area contributed by atoms with Gasteiger partial charge in [-0.25, -0.2) is 0 Å². The van der Waals surface area contributed by atoms with Crippen LogP contribution >= 0.6 is 0 Å². The van der Waals surface area contributed by atoms with Gasteiger partial charge in [0.1, 0.15) is 0 Å². The summed E-state index contributed by atoms with van der Waals surface area (Å²) in [5.41, 5.74) is 3.74. The van der Waals surface area contributed by atoms with Crippen LogP contribution in [0.1, 0.15) is 81.4 Å². The molecule has 4 atom stereocenters. The normalized spacial score (nSPS) is 31.0. The maximum atomic E-state index is 9.74. The third-order valence-corrected chi connectivity index (χ3v) is 7.24. The molecule has 0 bridgehead atoms. The van der Waals surface area contributed by atoms with Crippen LogP contribution < -0.4 is 9.47 Å². The molecule has 0 aromatic heterocycles. The van der Waals surface area contributed by atoms with Gasteiger partial charge in [0.05, 0.1) is 19.9 Å². The fourth-order valence-corrected chi connectivity index (χ4v) is 5.85. The summed E-state index contributed by atoms with van der Waals surface area (Å²) in [5, 5.41) is 13.5. The lowest BCUT2D eigenvalue weighted by molar-refractivity contribution is 0.0503.